The minimum atomic E-state index is -5.81. The maximum Gasteiger partial charge on any atom is 0.534 e. The Morgan fingerprint density at radius 2 is 2.12 bits per heavy atom. The predicted octanol–water partition coefficient (Wildman–Crippen LogP) is 1.73. The van der Waals surface area contributed by atoms with Gasteiger partial charge in [-0.05, 0) is 24.6 Å². The molecule has 10 heteroatoms. The van der Waals surface area contributed by atoms with Crippen LogP contribution in [0.25, 0.3) is 0 Å². The predicted molar refractivity (Wildman–Crippen MR) is 84.2 cm³/mol. The number of hydrogen-bond donors (Lipinski definition) is 2. The molecule has 26 heavy (non-hydrogen) atoms. The highest BCUT2D eigenvalue weighted by Crippen LogP contribution is 2.55. The van der Waals surface area contributed by atoms with Crippen LogP contribution < -0.4 is 14.2 Å². The third kappa shape index (κ3) is 2.50. The first-order valence-electron chi connectivity index (χ1n) is 8.06. The number of rotatable bonds is 2. The second-order valence-electron chi connectivity index (χ2n) is 6.65. The second-order valence-corrected chi connectivity index (χ2v) is 8.18. The molecule has 0 aromatic heterocycles. The van der Waals surface area contributed by atoms with Crippen LogP contribution in [0.3, 0.4) is 0 Å². The van der Waals surface area contributed by atoms with E-state index >= 15 is 0 Å². The minimum Gasteiger partial charge on any atom is -0.485 e. The zero-order chi connectivity index (χ0) is 18.7. The number of ether oxygens (including phenoxy) is 1. The van der Waals surface area contributed by atoms with E-state index in [1.165, 1.54) is 6.07 Å². The van der Waals surface area contributed by atoms with E-state index in [1.807, 2.05) is 6.08 Å². The van der Waals surface area contributed by atoms with E-state index in [4.69, 9.17) is 4.74 Å². The van der Waals surface area contributed by atoms with Gasteiger partial charge in [0.05, 0.1) is 11.5 Å². The average Bonchev–Trinajstić information content (AvgIpc) is 2.75. The highest BCUT2D eigenvalue weighted by molar-refractivity contribution is 7.88. The van der Waals surface area contributed by atoms with Crippen molar-refractivity contribution in [3.63, 3.8) is 0 Å². The quantitative estimate of drug-likeness (QED) is 0.454. The molecule has 0 amide bonds. The van der Waals surface area contributed by atoms with Gasteiger partial charge in [-0.2, -0.15) is 21.6 Å². The maximum atomic E-state index is 12.7. The van der Waals surface area contributed by atoms with Crippen molar-refractivity contribution < 1.29 is 35.6 Å². The molecular formula is C16H16F3NO5S. The molecule has 3 aliphatic rings. The summed E-state index contributed by atoms with van der Waals surface area (Å²) in [5, 5.41) is 13.1. The molecule has 4 rings (SSSR count). The number of alkyl halides is 3. The number of halogens is 3. The summed E-state index contributed by atoms with van der Waals surface area (Å²) in [6.07, 6.45) is 3.09. The number of nitrogens with one attached hydrogen (secondary N) is 1. The molecule has 3 atom stereocenters. The van der Waals surface area contributed by atoms with Crippen molar-refractivity contribution >= 4 is 10.1 Å². The molecule has 2 heterocycles. The molecule has 1 aliphatic carbocycles. The molecule has 0 radical (unpaired) electrons. The molecule has 0 fully saturated rings. The van der Waals surface area contributed by atoms with Crippen LogP contribution in [-0.2, 0) is 22.1 Å². The molecule has 0 saturated carbocycles. The lowest BCUT2D eigenvalue weighted by molar-refractivity contribution is -0.0500. The minimum absolute atomic E-state index is 0.00257. The summed E-state index contributed by atoms with van der Waals surface area (Å²) in [5.41, 5.74) is -4.73. The van der Waals surface area contributed by atoms with E-state index in [0.29, 0.717) is 25.1 Å². The van der Waals surface area contributed by atoms with Crippen molar-refractivity contribution in [1.29, 1.82) is 0 Å². The van der Waals surface area contributed by atoms with Gasteiger partial charge in [-0.25, -0.2) is 0 Å². The zero-order valence-corrected chi connectivity index (χ0v) is 14.2. The molecule has 1 unspecified atom stereocenters. The molecule has 0 bridgehead atoms. The highest BCUT2D eigenvalue weighted by atomic mass is 32.2. The Hall–Kier alpha value is -1.78. The lowest BCUT2D eigenvalue weighted by atomic mass is 9.69. The Labute approximate surface area is 147 Å². The van der Waals surface area contributed by atoms with Crippen LogP contribution >= 0.6 is 0 Å². The Bertz CT molecular complexity index is 883. The van der Waals surface area contributed by atoms with Gasteiger partial charge in [0.1, 0.15) is 6.10 Å². The first-order chi connectivity index (χ1) is 12.1. The fourth-order valence-corrected chi connectivity index (χ4v) is 4.40. The highest BCUT2D eigenvalue weighted by Gasteiger charge is 2.54. The summed E-state index contributed by atoms with van der Waals surface area (Å²) in [5.74, 6) is -0.484. The summed E-state index contributed by atoms with van der Waals surface area (Å²) >= 11 is 0. The molecule has 2 aliphatic heterocycles. The average molecular weight is 391 g/mol. The van der Waals surface area contributed by atoms with Crippen molar-refractivity contribution in [3.05, 3.63) is 35.4 Å². The summed E-state index contributed by atoms with van der Waals surface area (Å²) in [6.45, 7) is 1.12. The van der Waals surface area contributed by atoms with Crippen LogP contribution in [0.4, 0.5) is 13.2 Å². The van der Waals surface area contributed by atoms with Crippen LogP contribution in [0.1, 0.15) is 24.0 Å². The summed E-state index contributed by atoms with van der Waals surface area (Å²) in [4.78, 5) is 0. The SMILES string of the molecule is O=S(=O)(Oc1ccc2c3c1O[C@H]1C[C@@H](O)C=CC31CCNC2)C(F)(F)F. The van der Waals surface area contributed by atoms with Gasteiger partial charge in [0, 0.05) is 18.5 Å². The Balaban J connectivity index is 1.86. The number of aliphatic hydroxyl groups is 1. The van der Waals surface area contributed by atoms with Crippen molar-refractivity contribution in [2.75, 3.05) is 6.54 Å². The van der Waals surface area contributed by atoms with Crippen LogP contribution in [0.2, 0.25) is 0 Å². The molecule has 2 N–H and O–H groups in total. The van der Waals surface area contributed by atoms with Gasteiger partial charge >= 0.3 is 15.6 Å². The van der Waals surface area contributed by atoms with Crippen molar-refractivity contribution in [3.8, 4) is 11.5 Å². The van der Waals surface area contributed by atoms with Crippen molar-refractivity contribution in [2.45, 2.75) is 42.5 Å². The van der Waals surface area contributed by atoms with E-state index < -0.39 is 39.0 Å². The zero-order valence-electron chi connectivity index (χ0n) is 13.4. The van der Waals surface area contributed by atoms with Gasteiger partial charge in [0.15, 0.2) is 11.5 Å². The van der Waals surface area contributed by atoms with Gasteiger partial charge in [-0.3, -0.25) is 0 Å². The van der Waals surface area contributed by atoms with Crippen LogP contribution in [0.5, 0.6) is 11.5 Å². The molecule has 1 aromatic rings. The Kier molecular flexibility index (Phi) is 3.80. The van der Waals surface area contributed by atoms with E-state index in [0.717, 1.165) is 5.56 Å². The molecule has 142 valence electrons. The topological polar surface area (TPSA) is 84.9 Å². The van der Waals surface area contributed by atoms with E-state index in [9.17, 15) is 26.7 Å². The normalized spacial score (nSPS) is 30.2. The van der Waals surface area contributed by atoms with Crippen LogP contribution in [-0.4, -0.2) is 37.8 Å². The van der Waals surface area contributed by atoms with Gasteiger partial charge in [-0.15, -0.1) is 0 Å². The van der Waals surface area contributed by atoms with E-state index in [1.54, 1.807) is 12.1 Å². The largest absolute Gasteiger partial charge is 0.534 e. The number of hydrogen-bond acceptors (Lipinski definition) is 6. The Morgan fingerprint density at radius 3 is 2.85 bits per heavy atom. The van der Waals surface area contributed by atoms with Gasteiger partial charge in [0.2, 0.25) is 0 Å². The van der Waals surface area contributed by atoms with Gasteiger partial charge < -0.3 is 19.3 Å². The molecular weight excluding hydrogens is 375 g/mol. The smallest absolute Gasteiger partial charge is 0.485 e. The third-order valence-electron chi connectivity index (χ3n) is 5.09. The molecule has 1 aromatic carbocycles. The molecule has 6 nitrogen and oxygen atoms in total. The summed E-state index contributed by atoms with van der Waals surface area (Å²) < 4.78 is 71.2. The third-order valence-corrected chi connectivity index (χ3v) is 6.06. The fraction of sp³-hybridized carbons (Fsp3) is 0.500. The van der Waals surface area contributed by atoms with Crippen molar-refractivity contribution in [1.82, 2.24) is 5.32 Å². The maximum absolute atomic E-state index is 12.7. The van der Waals surface area contributed by atoms with Crippen LogP contribution in [0.15, 0.2) is 24.3 Å². The second kappa shape index (κ2) is 5.61. The van der Waals surface area contributed by atoms with Crippen molar-refractivity contribution in [2.24, 2.45) is 0 Å². The van der Waals surface area contributed by atoms with Gasteiger partial charge in [-0.1, -0.05) is 18.2 Å². The standard InChI is InChI=1S/C16H16F3NO5S/c17-16(18,19)26(22,23)25-11-2-1-9-8-20-6-5-15-4-3-10(21)7-12(15)24-14(11)13(9)15/h1-4,10,12,20-21H,5-8H2/t10-,12-,15?/m0/s1. The lowest BCUT2D eigenvalue weighted by Gasteiger charge is -2.35. The summed E-state index contributed by atoms with van der Waals surface area (Å²) in [6, 6.07) is 2.72. The Morgan fingerprint density at radius 1 is 1.35 bits per heavy atom. The fourth-order valence-electron chi connectivity index (χ4n) is 3.94. The molecule has 1 spiro atoms. The first-order valence-corrected chi connectivity index (χ1v) is 9.47. The molecule has 0 saturated heterocycles. The monoisotopic (exact) mass is 391 g/mol. The number of benzene rings is 1. The lowest BCUT2D eigenvalue weighted by Crippen LogP contribution is -2.42. The van der Waals surface area contributed by atoms with Gasteiger partial charge in [0.25, 0.3) is 0 Å². The van der Waals surface area contributed by atoms with E-state index in [2.05, 4.69) is 9.50 Å². The van der Waals surface area contributed by atoms with Crippen LogP contribution in [0, 0.1) is 0 Å². The number of aliphatic hydroxyl groups excluding tert-OH is 1. The first kappa shape index (κ1) is 17.6. The summed E-state index contributed by atoms with van der Waals surface area (Å²) in [7, 11) is -5.81. The van der Waals surface area contributed by atoms with E-state index in [-0.39, 0.29) is 12.2 Å².